The molecule has 0 aromatic carbocycles. The van der Waals surface area contributed by atoms with Gasteiger partial charge in [0, 0.05) is 23.8 Å². The van der Waals surface area contributed by atoms with E-state index in [-0.39, 0.29) is 0 Å². The molecule has 14 heavy (non-hydrogen) atoms. The second-order valence-corrected chi connectivity index (χ2v) is 3.62. The summed E-state index contributed by atoms with van der Waals surface area (Å²) in [6, 6.07) is 0.400. The van der Waals surface area contributed by atoms with Gasteiger partial charge >= 0.3 is 0 Å². The molecule has 1 aromatic rings. The molecule has 0 aliphatic carbocycles. The van der Waals surface area contributed by atoms with Crippen LogP contribution >= 0.6 is 0 Å². The van der Waals surface area contributed by atoms with Crippen LogP contribution in [0.15, 0.2) is 6.20 Å². The Morgan fingerprint density at radius 2 is 2.21 bits per heavy atom. The summed E-state index contributed by atoms with van der Waals surface area (Å²) >= 11 is 0. The SMILES string of the molecule is CCCc1c(C(C)NC)cnn1CC. The molecule has 0 aliphatic heterocycles. The van der Waals surface area contributed by atoms with Gasteiger partial charge in [-0.1, -0.05) is 13.3 Å². The van der Waals surface area contributed by atoms with E-state index in [4.69, 9.17) is 0 Å². The molecule has 3 heteroatoms. The van der Waals surface area contributed by atoms with Crippen LogP contribution in [0.1, 0.15) is 44.5 Å². The summed E-state index contributed by atoms with van der Waals surface area (Å²) in [5.74, 6) is 0. The number of nitrogens with zero attached hydrogens (tertiary/aromatic N) is 2. The van der Waals surface area contributed by atoms with Crippen molar-refractivity contribution >= 4 is 0 Å². The first kappa shape index (κ1) is 11.2. The zero-order valence-corrected chi connectivity index (χ0v) is 9.67. The van der Waals surface area contributed by atoms with Crippen LogP contribution in [0, 0.1) is 0 Å². The molecule has 0 aliphatic rings. The third kappa shape index (κ3) is 2.15. The van der Waals surface area contributed by atoms with E-state index in [0.29, 0.717) is 6.04 Å². The summed E-state index contributed by atoms with van der Waals surface area (Å²) < 4.78 is 2.10. The highest BCUT2D eigenvalue weighted by atomic mass is 15.3. The van der Waals surface area contributed by atoms with Crippen molar-refractivity contribution in [2.24, 2.45) is 0 Å². The molecule has 3 nitrogen and oxygen atoms in total. The molecule has 0 bridgehead atoms. The molecule has 1 unspecified atom stereocenters. The fourth-order valence-corrected chi connectivity index (χ4v) is 1.73. The Bertz CT molecular complexity index is 278. The lowest BCUT2D eigenvalue weighted by atomic mass is 10.1. The number of aromatic nitrogens is 2. The van der Waals surface area contributed by atoms with Gasteiger partial charge in [0.25, 0.3) is 0 Å². The van der Waals surface area contributed by atoms with E-state index in [9.17, 15) is 0 Å². The van der Waals surface area contributed by atoms with Gasteiger partial charge in [-0.15, -0.1) is 0 Å². The minimum atomic E-state index is 0.400. The quantitative estimate of drug-likeness (QED) is 0.780. The van der Waals surface area contributed by atoms with Gasteiger partial charge in [-0.2, -0.15) is 5.10 Å². The molecule has 1 atom stereocenters. The van der Waals surface area contributed by atoms with Gasteiger partial charge in [0.15, 0.2) is 0 Å². The predicted octanol–water partition coefficient (Wildman–Crippen LogP) is 2.14. The second kappa shape index (κ2) is 5.15. The average molecular weight is 195 g/mol. The number of nitrogens with one attached hydrogen (secondary N) is 1. The highest BCUT2D eigenvalue weighted by Gasteiger charge is 2.13. The lowest BCUT2D eigenvalue weighted by Crippen LogP contribution is -2.14. The fourth-order valence-electron chi connectivity index (χ4n) is 1.73. The van der Waals surface area contributed by atoms with Crippen molar-refractivity contribution in [3.05, 3.63) is 17.5 Å². The van der Waals surface area contributed by atoms with Crippen molar-refractivity contribution in [3.8, 4) is 0 Å². The standard InChI is InChI=1S/C11H21N3/c1-5-7-11-10(9(3)12-4)8-13-14(11)6-2/h8-9,12H,5-7H2,1-4H3. The largest absolute Gasteiger partial charge is 0.313 e. The molecule has 1 heterocycles. The molecule has 1 rings (SSSR count). The highest BCUT2D eigenvalue weighted by Crippen LogP contribution is 2.18. The summed E-state index contributed by atoms with van der Waals surface area (Å²) in [6.45, 7) is 7.49. The van der Waals surface area contributed by atoms with E-state index in [1.54, 1.807) is 0 Å². The normalized spacial score (nSPS) is 13.1. The molecule has 80 valence electrons. The monoisotopic (exact) mass is 195 g/mol. The summed E-state index contributed by atoms with van der Waals surface area (Å²) in [5, 5.41) is 7.66. The van der Waals surface area contributed by atoms with Gasteiger partial charge < -0.3 is 5.32 Å². The zero-order chi connectivity index (χ0) is 10.6. The Kier molecular flexibility index (Phi) is 4.14. The topological polar surface area (TPSA) is 29.9 Å². The fraction of sp³-hybridized carbons (Fsp3) is 0.727. The third-order valence-corrected chi connectivity index (χ3v) is 2.67. The van der Waals surface area contributed by atoms with Gasteiger partial charge in [0.2, 0.25) is 0 Å². The van der Waals surface area contributed by atoms with Crippen LogP contribution in [0.5, 0.6) is 0 Å². The van der Waals surface area contributed by atoms with Crippen LogP contribution in [0.3, 0.4) is 0 Å². The van der Waals surface area contributed by atoms with Crippen molar-refractivity contribution in [1.82, 2.24) is 15.1 Å². The van der Waals surface area contributed by atoms with Crippen molar-refractivity contribution in [2.45, 2.75) is 46.2 Å². The summed E-state index contributed by atoms with van der Waals surface area (Å²) in [7, 11) is 1.99. The van der Waals surface area contributed by atoms with Crippen molar-refractivity contribution in [3.63, 3.8) is 0 Å². The Morgan fingerprint density at radius 3 is 2.71 bits per heavy atom. The molecule has 0 radical (unpaired) electrons. The first-order valence-corrected chi connectivity index (χ1v) is 5.46. The van der Waals surface area contributed by atoms with Crippen LogP contribution in [-0.2, 0) is 13.0 Å². The summed E-state index contributed by atoms with van der Waals surface area (Å²) in [5.41, 5.74) is 2.73. The number of hydrogen-bond acceptors (Lipinski definition) is 2. The Morgan fingerprint density at radius 1 is 1.50 bits per heavy atom. The van der Waals surface area contributed by atoms with Gasteiger partial charge in [-0.25, -0.2) is 0 Å². The molecule has 0 saturated carbocycles. The highest BCUT2D eigenvalue weighted by molar-refractivity contribution is 5.21. The summed E-state index contributed by atoms with van der Waals surface area (Å²) in [6.07, 6.45) is 4.29. The van der Waals surface area contributed by atoms with E-state index < -0.39 is 0 Å². The molecule has 0 amide bonds. The molecule has 0 spiro atoms. The maximum Gasteiger partial charge on any atom is 0.0540 e. The molecular formula is C11H21N3. The second-order valence-electron chi connectivity index (χ2n) is 3.62. The van der Waals surface area contributed by atoms with Crippen LogP contribution in [0.25, 0.3) is 0 Å². The van der Waals surface area contributed by atoms with Crippen molar-refractivity contribution in [1.29, 1.82) is 0 Å². The van der Waals surface area contributed by atoms with Gasteiger partial charge in [0.1, 0.15) is 0 Å². The molecule has 0 fully saturated rings. The van der Waals surface area contributed by atoms with E-state index in [0.717, 1.165) is 13.0 Å². The Hall–Kier alpha value is -0.830. The molecular weight excluding hydrogens is 174 g/mol. The molecule has 1 N–H and O–H groups in total. The first-order chi connectivity index (χ1) is 6.74. The average Bonchev–Trinajstić information content (AvgIpc) is 2.60. The number of hydrogen-bond donors (Lipinski definition) is 1. The van der Waals surface area contributed by atoms with Crippen molar-refractivity contribution < 1.29 is 0 Å². The number of rotatable bonds is 5. The number of aryl methyl sites for hydroxylation is 1. The Labute approximate surface area is 86.5 Å². The third-order valence-electron chi connectivity index (χ3n) is 2.67. The van der Waals surface area contributed by atoms with Crippen LogP contribution < -0.4 is 5.32 Å². The smallest absolute Gasteiger partial charge is 0.0540 e. The van der Waals surface area contributed by atoms with E-state index in [2.05, 4.69) is 35.9 Å². The van der Waals surface area contributed by atoms with Gasteiger partial charge in [-0.3, -0.25) is 4.68 Å². The van der Waals surface area contributed by atoms with E-state index in [1.807, 2.05) is 13.2 Å². The first-order valence-electron chi connectivity index (χ1n) is 5.46. The van der Waals surface area contributed by atoms with E-state index >= 15 is 0 Å². The maximum atomic E-state index is 4.40. The van der Waals surface area contributed by atoms with Gasteiger partial charge in [-0.05, 0) is 27.3 Å². The van der Waals surface area contributed by atoms with Crippen LogP contribution in [-0.4, -0.2) is 16.8 Å². The minimum absolute atomic E-state index is 0.400. The predicted molar refractivity (Wildman–Crippen MR) is 59.4 cm³/mol. The zero-order valence-electron chi connectivity index (χ0n) is 9.67. The molecule has 1 aromatic heterocycles. The molecule has 0 saturated heterocycles. The minimum Gasteiger partial charge on any atom is -0.313 e. The van der Waals surface area contributed by atoms with Crippen molar-refractivity contribution in [2.75, 3.05) is 7.05 Å². The maximum absolute atomic E-state index is 4.40. The lowest BCUT2D eigenvalue weighted by molar-refractivity contribution is 0.597. The lowest BCUT2D eigenvalue weighted by Gasteiger charge is -2.12. The van der Waals surface area contributed by atoms with Crippen LogP contribution in [0.2, 0.25) is 0 Å². The van der Waals surface area contributed by atoms with Crippen LogP contribution in [0.4, 0.5) is 0 Å². The van der Waals surface area contributed by atoms with Gasteiger partial charge in [0.05, 0.1) is 6.20 Å². The van der Waals surface area contributed by atoms with E-state index in [1.165, 1.54) is 17.7 Å². The summed E-state index contributed by atoms with van der Waals surface area (Å²) in [4.78, 5) is 0. The Balaban J connectivity index is 2.97.